The zero-order valence-electron chi connectivity index (χ0n) is 19.2. The van der Waals surface area contributed by atoms with Gasteiger partial charge in [-0.05, 0) is 38.3 Å². The summed E-state index contributed by atoms with van der Waals surface area (Å²) >= 11 is 0. The number of hydrogen-bond donors (Lipinski definition) is 1. The Kier molecular flexibility index (Phi) is 7.38. The monoisotopic (exact) mass is 474 g/mol. The first kappa shape index (κ1) is 24.8. The third-order valence-electron chi connectivity index (χ3n) is 5.93. The molecule has 180 valence electrons. The molecular formula is C21H33F3N4O3Si. The lowest BCUT2D eigenvalue weighted by Gasteiger charge is -2.18. The normalized spacial score (nSPS) is 20.5. The van der Waals surface area contributed by atoms with E-state index >= 15 is 0 Å². The fourth-order valence-electron chi connectivity index (χ4n) is 3.51. The maximum atomic E-state index is 13.2. The molecule has 0 bridgehead atoms. The van der Waals surface area contributed by atoms with E-state index in [9.17, 15) is 22.8 Å². The largest absolute Gasteiger partial charge is 0.397 e. The van der Waals surface area contributed by atoms with Crippen molar-refractivity contribution in [1.82, 2.24) is 20.0 Å². The van der Waals surface area contributed by atoms with Crippen LogP contribution in [0.15, 0.2) is 6.07 Å². The molecular weight excluding hydrogens is 441 g/mol. The molecule has 1 aromatic rings. The van der Waals surface area contributed by atoms with Crippen LogP contribution in [0, 0.1) is 5.92 Å². The molecule has 1 N–H and O–H groups in total. The van der Waals surface area contributed by atoms with Crippen molar-refractivity contribution < 1.29 is 27.5 Å². The minimum atomic E-state index is -4.45. The topological polar surface area (TPSA) is 76.5 Å². The van der Waals surface area contributed by atoms with Crippen LogP contribution in [0.25, 0.3) is 0 Å². The third kappa shape index (κ3) is 6.57. The van der Waals surface area contributed by atoms with Crippen LogP contribution in [0.5, 0.6) is 0 Å². The van der Waals surface area contributed by atoms with Gasteiger partial charge in [0.05, 0.1) is 11.6 Å². The van der Waals surface area contributed by atoms with Crippen molar-refractivity contribution in [3.63, 3.8) is 0 Å². The molecule has 0 spiro atoms. The zero-order valence-corrected chi connectivity index (χ0v) is 20.2. The van der Waals surface area contributed by atoms with Crippen molar-refractivity contribution in [3.05, 3.63) is 17.5 Å². The van der Waals surface area contributed by atoms with E-state index in [1.54, 1.807) is 4.90 Å². The molecule has 2 unspecified atom stereocenters. The molecule has 1 aromatic heterocycles. The molecule has 11 heteroatoms. The second-order valence-corrected chi connectivity index (χ2v) is 15.7. The molecule has 2 aliphatic rings. The van der Waals surface area contributed by atoms with E-state index in [0.717, 1.165) is 25.8 Å². The van der Waals surface area contributed by atoms with E-state index in [0.29, 0.717) is 26.1 Å². The number of alkyl halides is 3. The van der Waals surface area contributed by atoms with Crippen LogP contribution in [0.1, 0.15) is 48.3 Å². The highest BCUT2D eigenvalue weighted by molar-refractivity contribution is 6.76. The number of halogens is 3. The third-order valence-corrected chi connectivity index (χ3v) is 7.64. The van der Waals surface area contributed by atoms with Crippen molar-refractivity contribution in [2.75, 3.05) is 19.7 Å². The summed E-state index contributed by atoms with van der Waals surface area (Å²) in [5, 5.41) is 7.03. The summed E-state index contributed by atoms with van der Waals surface area (Å²) in [5.74, 6) is -2.08. The molecule has 2 heterocycles. The van der Waals surface area contributed by atoms with Gasteiger partial charge in [0.25, 0.3) is 5.91 Å². The van der Waals surface area contributed by atoms with Gasteiger partial charge in [0.2, 0.25) is 5.91 Å². The van der Waals surface area contributed by atoms with Gasteiger partial charge in [-0.1, -0.05) is 19.6 Å². The predicted octanol–water partition coefficient (Wildman–Crippen LogP) is 3.60. The first-order valence-corrected chi connectivity index (χ1v) is 14.9. The molecule has 7 nitrogen and oxygen atoms in total. The molecule has 1 saturated carbocycles. The van der Waals surface area contributed by atoms with Gasteiger partial charge >= 0.3 is 6.18 Å². The van der Waals surface area contributed by atoms with E-state index in [4.69, 9.17) is 4.74 Å². The van der Waals surface area contributed by atoms with Crippen LogP contribution in [0.2, 0.25) is 25.7 Å². The summed E-state index contributed by atoms with van der Waals surface area (Å²) in [7, 11) is -1.33. The molecule has 2 atom stereocenters. The molecule has 2 amide bonds. The number of ether oxygens (including phenoxy) is 1. The lowest BCUT2D eigenvalue weighted by molar-refractivity contribution is -0.147. The lowest BCUT2D eigenvalue weighted by Crippen LogP contribution is -2.39. The van der Waals surface area contributed by atoms with Crippen LogP contribution >= 0.6 is 0 Å². The van der Waals surface area contributed by atoms with E-state index < -0.39 is 26.1 Å². The highest BCUT2D eigenvalue weighted by atomic mass is 28.3. The standard InChI is InChI=1S/C21H33F3N4O3Si/c1-14(21(22,23)24)17-11-18(28(26-17)13-31-9-10-32(2,3)4)20(30)27-8-7-16(12-27)25-19(29)15-5-6-15/h11,14-16H,5-10,12-13H2,1-4H3,(H,25,29). The second-order valence-electron chi connectivity index (χ2n) is 10.1. The summed E-state index contributed by atoms with van der Waals surface area (Å²) in [6.45, 7) is 8.80. The molecule has 3 rings (SSSR count). The number of nitrogens with one attached hydrogen (secondary N) is 1. The quantitative estimate of drug-likeness (QED) is 0.438. The summed E-state index contributed by atoms with van der Waals surface area (Å²) in [6, 6.07) is 1.99. The highest BCUT2D eigenvalue weighted by Gasteiger charge is 2.40. The predicted molar refractivity (Wildman–Crippen MR) is 116 cm³/mol. The molecule has 1 aliphatic carbocycles. The van der Waals surface area contributed by atoms with Gasteiger partial charge in [0, 0.05) is 39.7 Å². The highest BCUT2D eigenvalue weighted by Crippen LogP contribution is 2.34. The smallest absolute Gasteiger partial charge is 0.360 e. The summed E-state index contributed by atoms with van der Waals surface area (Å²) in [4.78, 5) is 26.7. The van der Waals surface area contributed by atoms with Crippen LogP contribution in [0.3, 0.4) is 0 Å². The Bertz CT molecular complexity index is 833. The Morgan fingerprint density at radius 1 is 1.28 bits per heavy atom. The number of likely N-dealkylation sites (tertiary alicyclic amines) is 1. The number of rotatable bonds is 9. The van der Waals surface area contributed by atoms with E-state index in [1.165, 1.54) is 10.7 Å². The lowest BCUT2D eigenvalue weighted by atomic mass is 10.1. The molecule has 2 fully saturated rings. The average Bonchev–Trinajstić information content (AvgIpc) is 3.30. The number of hydrogen-bond acceptors (Lipinski definition) is 4. The van der Waals surface area contributed by atoms with Gasteiger partial charge in [-0.15, -0.1) is 0 Å². The van der Waals surface area contributed by atoms with Crippen molar-refractivity contribution in [2.24, 2.45) is 5.92 Å². The van der Waals surface area contributed by atoms with Crippen molar-refractivity contribution >= 4 is 19.9 Å². The van der Waals surface area contributed by atoms with E-state index in [2.05, 4.69) is 30.1 Å². The fourth-order valence-corrected chi connectivity index (χ4v) is 4.26. The average molecular weight is 475 g/mol. The Labute approximate surface area is 187 Å². The molecule has 0 aromatic carbocycles. The van der Waals surface area contributed by atoms with Gasteiger partial charge in [-0.25, -0.2) is 4.68 Å². The fraction of sp³-hybridized carbons (Fsp3) is 0.762. The molecule has 0 radical (unpaired) electrons. The van der Waals surface area contributed by atoms with Gasteiger partial charge in [0.15, 0.2) is 0 Å². The van der Waals surface area contributed by atoms with Gasteiger partial charge in [-0.2, -0.15) is 18.3 Å². The molecule has 1 aliphatic heterocycles. The van der Waals surface area contributed by atoms with Crippen molar-refractivity contribution in [2.45, 2.75) is 76.7 Å². The number of amides is 2. The van der Waals surface area contributed by atoms with E-state index in [1.807, 2.05) is 0 Å². The number of aromatic nitrogens is 2. The van der Waals surface area contributed by atoms with Crippen molar-refractivity contribution in [3.8, 4) is 0 Å². The number of carbonyl (C=O) groups is 2. The van der Waals surface area contributed by atoms with Gasteiger partial charge in [-0.3, -0.25) is 9.59 Å². The van der Waals surface area contributed by atoms with Crippen LogP contribution < -0.4 is 5.32 Å². The summed E-state index contributed by atoms with van der Waals surface area (Å²) in [6.07, 6.45) is -2.03. The zero-order chi connectivity index (χ0) is 23.7. The van der Waals surface area contributed by atoms with Crippen LogP contribution in [-0.2, 0) is 16.3 Å². The first-order valence-electron chi connectivity index (χ1n) is 11.2. The second kappa shape index (κ2) is 9.54. The Morgan fingerprint density at radius 2 is 1.97 bits per heavy atom. The summed E-state index contributed by atoms with van der Waals surface area (Å²) < 4.78 is 46.6. The van der Waals surface area contributed by atoms with Crippen LogP contribution in [-0.4, -0.2) is 66.5 Å². The number of nitrogens with zero attached hydrogens (tertiary/aromatic N) is 3. The minimum Gasteiger partial charge on any atom is -0.360 e. The maximum absolute atomic E-state index is 13.2. The Hall–Kier alpha value is -1.88. The summed E-state index contributed by atoms with van der Waals surface area (Å²) in [5.41, 5.74) is -0.120. The SMILES string of the molecule is CC(c1cc(C(=O)N2CCC(NC(=O)C3CC3)C2)n(COCC[Si](C)(C)C)n1)C(F)(F)F. The van der Waals surface area contributed by atoms with Gasteiger partial charge in [0.1, 0.15) is 12.4 Å². The Balaban J connectivity index is 1.70. The van der Waals surface area contributed by atoms with Crippen molar-refractivity contribution in [1.29, 1.82) is 0 Å². The Morgan fingerprint density at radius 3 is 2.56 bits per heavy atom. The minimum absolute atomic E-state index is 0.0198. The number of carbonyl (C=O) groups excluding carboxylic acids is 2. The molecule has 32 heavy (non-hydrogen) atoms. The molecule has 1 saturated heterocycles. The van der Waals surface area contributed by atoms with E-state index in [-0.39, 0.29) is 36.0 Å². The van der Waals surface area contributed by atoms with Crippen LogP contribution in [0.4, 0.5) is 13.2 Å². The maximum Gasteiger partial charge on any atom is 0.397 e. The van der Waals surface area contributed by atoms with Gasteiger partial charge < -0.3 is 15.0 Å². The first-order chi connectivity index (χ1) is 14.8.